The zero-order valence-electron chi connectivity index (χ0n) is 12.3. The van der Waals surface area contributed by atoms with Gasteiger partial charge in [0, 0.05) is 29.2 Å². The number of thiophene rings is 1. The first-order chi connectivity index (χ1) is 9.60. The van der Waals surface area contributed by atoms with E-state index in [0.717, 1.165) is 30.0 Å². The topological polar surface area (TPSA) is 38.5 Å². The number of likely N-dealkylation sites (N-methyl/N-ethyl adjacent to an activating group) is 1. The zero-order valence-corrected chi connectivity index (χ0v) is 13.1. The van der Waals surface area contributed by atoms with E-state index in [2.05, 4.69) is 36.4 Å². The van der Waals surface area contributed by atoms with Crippen molar-refractivity contribution in [3.63, 3.8) is 0 Å². The number of methoxy groups -OCH3 is 1. The Morgan fingerprint density at radius 2 is 2.15 bits per heavy atom. The molecule has 0 amide bonds. The summed E-state index contributed by atoms with van der Waals surface area (Å²) >= 11 is 1.82. The molecular weight excluding hydrogens is 268 g/mol. The lowest BCUT2D eigenvalue weighted by molar-refractivity contribution is 0.249. The van der Waals surface area contributed by atoms with E-state index in [9.17, 15) is 0 Å². The van der Waals surface area contributed by atoms with E-state index in [-0.39, 0.29) is 0 Å². The van der Waals surface area contributed by atoms with Gasteiger partial charge in [0.05, 0.1) is 7.11 Å². The van der Waals surface area contributed by atoms with E-state index < -0.39 is 0 Å². The molecule has 1 unspecified atom stereocenters. The highest BCUT2D eigenvalue weighted by Crippen LogP contribution is 2.22. The smallest absolute Gasteiger partial charge is 0.120 e. The highest BCUT2D eigenvalue weighted by Gasteiger charge is 2.12. The molecule has 2 N–H and O–H groups in total. The lowest BCUT2D eigenvalue weighted by Crippen LogP contribution is -2.30. The minimum atomic E-state index is 0.482. The molecule has 0 aliphatic heterocycles. The van der Waals surface area contributed by atoms with Gasteiger partial charge in [-0.1, -0.05) is 12.1 Å². The Balaban J connectivity index is 1.98. The third-order valence-electron chi connectivity index (χ3n) is 3.60. The molecule has 0 radical (unpaired) electrons. The fourth-order valence-corrected chi connectivity index (χ4v) is 2.97. The maximum absolute atomic E-state index is 6.08. The largest absolute Gasteiger partial charge is 0.497 e. The maximum atomic E-state index is 6.08. The van der Waals surface area contributed by atoms with E-state index in [1.807, 2.05) is 29.5 Å². The lowest BCUT2D eigenvalue weighted by Gasteiger charge is -2.25. The first-order valence-corrected chi connectivity index (χ1v) is 7.63. The van der Waals surface area contributed by atoms with Crippen LogP contribution in [0.3, 0.4) is 0 Å². The Bertz CT molecular complexity index is 539. The monoisotopic (exact) mass is 290 g/mol. The molecule has 4 heteroatoms. The van der Waals surface area contributed by atoms with Crippen LogP contribution in [0.25, 0.3) is 0 Å². The van der Waals surface area contributed by atoms with Gasteiger partial charge in [0.15, 0.2) is 0 Å². The molecule has 20 heavy (non-hydrogen) atoms. The third kappa shape index (κ3) is 3.74. The second-order valence-electron chi connectivity index (χ2n) is 5.11. The summed E-state index contributed by atoms with van der Waals surface area (Å²) in [6.07, 6.45) is 1.07. The van der Waals surface area contributed by atoms with Crippen molar-refractivity contribution in [3.8, 4) is 5.75 Å². The quantitative estimate of drug-likeness (QED) is 0.829. The van der Waals surface area contributed by atoms with Gasteiger partial charge < -0.3 is 10.5 Å². The molecule has 1 aromatic heterocycles. The molecule has 1 aromatic carbocycles. The van der Waals surface area contributed by atoms with Gasteiger partial charge in [-0.25, -0.2) is 0 Å². The number of rotatable bonds is 6. The maximum Gasteiger partial charge on any atom is 0.120 e. The first-order valence-electron chi connectivity index (χ1n) is 6.75. The molecule has 0 saturated carbocycles. The molecule has 0 spiro atoms. The fourth-order valence-electron chi connectivity index (χ4n) is 2.14. The van der Waals surface area contributed by atoms with Crippen LogP contribution >= 0.6 is 11.3 Å². The number of nitrogens with zero attached hydrogens (tertiary/aromatic N) is 1. The van der Waals surface area contributed by atoms with Crippen molar-refractivity contribution in [2.45, 2.75) is 25.9 Å². The first kappa shape index (κ1) is 14.9. The van der Waals surface area contributed by atoms with Gasteiger partial charge in [-0.3, -0.25) is 4.90 Å². The molecule has 2 aromatic rings. The van der Waals surface area contributed by atoms with Gasteiger partial charge in [0.25, 0.3) is 0 Å². The number of nitrogens with two attached hydrogens (primary N) is 1. The second kappa shape index (κ2) is 6.77. The lowest BCUT2D eigenvalue weighted by atomic mass is 10.1. The predicted octanol–water partition coefficient (Wildman–Crippen LogP) is 3.40. The van der Waals surface area contributed by atoms with Crippen LogP contribution in [0.5, 0.6) is 5.75 Å². The number of hydrogen-bond donors (Lipinski definition) is 1. The van der Waals surface area contributed by atoms with Crippen molar-refractivity contribution < 1.29 is 4.74 Å². The number of anilines is 1. The standard InChI is InChI=1S/C16H22N2OS/c1-12(9-15-5-4-8-20-15)18(2)11-13-6-7-14(19-3)10-16(13)17/h4-8,10,12H,9,11,17H2,1-3H3. The van der Waals surface area contributed by atoms with E-state index in [1.54, 1.807) is 7.11 Å². The van der Waals surface area contributed by atoms with Gasteiger partial charge in [0.2, 0.25) is 0 Å². The molecule has 0 saturated heterocycles. The van der Waals surface area contributed by atoms with Crippen molar-refractivity contribution in [3.05, 3.63) is 46.2 Å². The summed E-state index contributed by atoms with van der Waals surface area (Å²) in [5, 5.41) is 2.13. The molecule has 0 bridgehead atoms. The fraction of sp³-hybridized carbons (Fsp3) is 0.375. The van der Waals surface area contributed by atoms with Gasteiger partial charge in [-0.05, 0) is 43.5 Å². The summed E-state index contributed by atoms with van der Waals surface area (Å²) in [6.45, 7) is 3.10. The van der Waals surface area contributed by atoms with E-state index in [0.29, 0.717) is 6.04 Å². The number of nitrogen functional groups attached to an aromatic ring is 1. The molecular formula is C16H22N2OS. The summed E-state index contributed by atoms with van der Waals surface area (Å²) in [5.41, 5.74) is 8.01. The van der Waals surface area contributed by atoms with Crippen LogP contribution in [0.1, 0.15) is 17.4 Å². The van der Waals surface area contributed by atoms with Crippen molar-refractivity contribution in [1.29, 1.82) is 0 Å². The van der Waals surface area contributed by atoms with E-state index in [1.165, 1.54) is 4.88 Å². The second-order valence-corrected chi connectivity index (χ2v) is 6.14. The average Bonchev–Trinajstić information content (AvgIpc) is 2.93. The number of hydrogen-bond acceptors (Lipinski definition) is 4. The van der Waals surface area contributed by atoms with Crippen LogP contribution in [0.15, 0.2) is 35.7 Å². The average molecular weight is 290 g/mol. The van der Waals surface area contributed by atoms with Crippen LogP contribution in [0.2, 0.25) is 0 Å². The normalized spacial score (nSPS) is 12.6. The molecule has 2 rings (SSSR count). The summed E-state index contributed by atoms with van der Waals surface area (Å²) in [6, 6.07) is 10.7. The number of ether oxygens (including phenoxy) is 1. The third-order valence-corrected chi connectivity index (χ3v) is 4.50. The van der Waals surface area contributed by atoms with Crippen LogP contribution in [-0.2, 0) is 13.0 Å². The van der Waals surface area contributed by atoms with Crippen LogP contribution < -0.4 is 10.5 Å². The Morgan fingerprint density at radius 1 is 1.35 bits per heavy atom. The zero-order chi connectivity index (χ0) is 14.5. The summed E-state index contributed by atoms with van der Waals surface area (Å²) < 4.78 is 5.18. The van der Waals surface area contributed by atoms with Gasteiger partial charge >= 0.3 is 0 Å². The van der Waals surface area contributed by atoms with E-state index >= 15 is 0 Å². The highest BCUT2D eigenvalue weighted by atomic mass is 32.1. The summed E-state index contributed by atoms with van der Waals surface area (Å²) in [4.78, 5) is 3.75. The molecule has 108 valence electrons. The molecule has 1 heterocycles. The Kier molecular flexibility index (Phi) is 5.04. The van der Waals surface area contributed by atoms with Crippen LogP contribution in [0.4, 0.5) is 5.69 Å². The van der Waals surface area contributed by atoms with Crippen LogP contribution in [-0.4, -0.2) is 25.1 Å². The Morgan fingerprint density at radius 3 is 2.75 bits per heavy atom. The van der Waals surface area contributed by atoms with Crippen molar-refractivity contribution in [2.24, 2.45) is 0 Å². The van der Waals surface area contributed by atoms with Gasteiger partial charge in [-0.15, -0.1) is 11.3 Å². The van der Waals surface area contributed by atoms with Gasteiger partial charge in [0.1, 0.15) is 5.75 Å². The summed E-state index contributed by atoms with van der Waals surface area (Å²) in [5.74, 6) is 0.806. The van der Waals surface area contributed by atoms with Crippen molar-refractivity contribution in [1.82, 2.24) is 4.90 Å². The highest BCUT2D eigenvalue weighted by molar-refractivity contribution is 7.09. The minimum Gasteiger partial charge on any atom is -0.497 e. The van der Waals surface area contributed by atoms with Crippen molar-refractivity contribution >= 4 is 17.0 Å². The Labute approximate surface area is 125 Å². The number of benzene rings is 1. The summed E-state index contributed by atoms with van der Waals surface area (Å²) in [7, 11) is 3.80. The Hall–Kier alpha value is -1.52. The molecule has 1 atom stereocenters. The van der Waals surface area contributed by atoms with Gasteiger partial charge in [-0.2, -0.15) is 0 Å². The van der Waals surface area contributed by atoms with E-state index in [4.69, 9.17) is 10.5 Å². The molecule has 3 nitrogen and oxygen atoms in total. The molecule has 0 fully saturated rings. The molecule has 0 aliphatic rings. The molecule has 0 aliphatic carbocycles. The minimum absolute atomic E-state index is 0.482. The SMILES string of the molecule is COc1ccc(CN(C)C(C)Cc2cccs2)c(N)c1. The predicted molar refractivity (Wildman–Crippen MR) is 86.4 cm³/mol. The van der Waals surface area contributed by atoms with Crippen molar-refractivity contribution in [2.75, 3.05) is 19.9 Å². The van der Waals surface area contributed by atoms with Crippen LogP contribution in [0, 0.1) is 0 Å².